The minimum atomic E-state index is -0.366. The molecule has 0 aliphatic carbocycles. The Morgan fingerprint density at radius 1 is 1.37 bits per heavy atom. The van der Waals surface area contributed by atoms with Crippen LogP contribution in [0.2, 0.25) is 0 Å². The standard InChI is InChI=1S/C14H27NO4/c1-17-11-13(16)2-6-15-12-3-7-19-14(10-12)4-8-18-9-5-14/h12-13,15-16H,2-11H2,1H3. The summed E-state index contributed by atoms with van der Waals surface area (Å²) in [5.74, 6) is 0. The van der Waals surface area contributed by atoms with Crippen LogP contribution in [0.4, 0.5) is 0 Å². The lowest BCUT2D eigenvalue weighted by Gasteiger charge is -2.43. The van der Waals surface area contributed by atoms with E-state index in [1.807, 2.05) is 0 Å². The second-order valence-electron chi connectivity index (χ2n) is 5.69. The first-order valence-electron chi connectivity index (χ1n) is 7.36. The molecule has 0 radical (unpaired) electrons. The van der Waals surface area contributed by atoms with Crippen molar-refractivity contribution in [1.29, 1.82) is 0 Å². The van der Waals surface area contributed by atoms with Crippen LogP contribution in [0.25, 0.3) is 0 Å². The van der Waals surface area contributed by atoms with Crippen molar-refractivity contribution in [2.24, 2.45) is 0 Å². The maximum absolute atomic E-state index is 9.61. The Balaban J connectivity index is 1.69. The van der Waals surface area contributed by atoms with Gasteiger partial charge in [0.1, 0.15) is 0 Å². The fourth-order valence-corrected chi connectivity index (χ4v) is 3.02. The molecule has 112 valence electrons. The van der Waals surface area contributed by atoms with Gasteiger partial charge in [-0.15, -0.1) is 0 Å². The van der Waals surface area contributed by atoms with Gasteiger partial charge in [-0.05, 0) is 38.6 Å². The lowest BCUT2D eigenvalue weighted by atomic mass is 9.84. The molecule has 2 fully saturated rings. The van der Waals surface area contributed by atoms with E-state index in [9.17, 15) is 5.11 Å². The van der Waals surface area contributed by atoms with E-state index >= 15 is 0 Å². The van der Waals surface area contributed by atoms with E-state index in [1.165, 1.54) is 0 Å². The van der Waals surface area contributed by atoms with Gasteiger partial charge in [-0.1, -0.05) is 0 Å². The number of aliphatic hydroxyl groups excluding tert-OH is 1. The van der Waals surface area contributed by atoms with Crippen LogP contribution in [0.5, 0.6) is 0 Å². The Kier molecular flexibility index (Phi) is 6.04. The zero-order chi connectivity index (χ0) is 13.6. The molecule has 2 rings (SSSR count). The third-order valence-corrected chi connectivity index (χ3v) is 4.17. The number of aliphatic hydroxyl groups is 1. The van der Waals surface area contributed by atoms with E-state index in [0.29, 0.717) is 12.6 Å². The number of nitrogens with one attached hydrogen (secondary N) is 1. The summed E-state index contributed by atoms with van der Waals surface area (Å²) < 4.78 is 16.4. The maximum atomic E-state index is 9.61. The van der Waals surface area contributed by atoms with Crippen molar-refractivity contribution in [2.75, 3.05) is 40.1 Å². The average molecular weight is 273 g/mol. The van der Waals surface area contributed by atoms with Crippen LogP contribution in [0, 0.1) is 0 Å². The summed E-state index contributed by atoms with van der Waals surface area (Å²) in [6.45, 7) is 3.72. The van der Waals surface area contributed by atoms with Crippen molar-refractivity contribution in [3.8, 4) is 0 Å². The van der Waals surface area contributed by atoms with Gasteiger partial charge in [-0.3, -0.25) is 0 Å². The Morgan fingerprint density at radius 2 is 2.16 bits per heavy atom. The fraction of sp³-hybridized carbons (Fsp3) is 1.00. The number of ether oxygens (including phenoxy) is 3. The average Bonchev–Trinajstić information content (AvgIpc) is 2.40. The van der Waals surface area contributed by atoms with Crippen molar-refractivity contribution in [2.45, 2.75) is 49.9 Å². The molecule has 0 aromatic rings. The molecule has 2 atom stereocenters. The molecule has 0 bridgehead atoms. The number of hydrogen-bond donors (Lipinski definition) is 2. The molecule has 5 nitrogen and oxygen atoms in total. The van der Waals surface area contributed by atoms with Gasteiger partial charge in [0.2, 0.25) is 0 Å². The first kappa shape index (κ1) is 15.2. The summed E-state index contributed by atoms with van der Waals surface area (Å²) >= 11 is 0. The molecule has 0 amide bonds. The van der Waals surface area contributed by atoms with Crippen LogP contribution in [0.1, 0.15) is 32.1 Å². The minimum absolute atomic E-state index is 0.0410. The Labute approximate surface area is 115 Å². The molecule has 19 heavy (non-hydrogen) atoms. The van der Waals surface area contributed by atoms with Crippen LogP contribution in [-0.4, -0.2) is 62.9 Å². The van der Waals surface area contributed by atoms with Gasteiger partial charge in [0.05, 0.1) is 18.3 Å². The van der Waals surface area contributed by atoms with Crippen LogP contribution in [0.15, 0.2) is 0 Å². The molecule has 1 spiro atoms. The lowest BCUT2D eigenvalue weighted by Crippen LogP contribution is -2.50. The summed E-state index contributed by atoms with van der Waals surface area (Å²) in [4.78, 5) is 0. The predicted octanol–water partition coefficient (Wildman–Crippen LogP) is 0.702. The highest BCUT2D eigenvalue weighted by Crippen LogP contribution is 2.34. The summed E-state index contributed by atoms with van der Waals surface area (Å²) in [6.07, 6.45) is 4.52. The van der Waals surface area contributed by atoms with Crippen LogP contribution in [0.3, 0.4) is 0 Å². The molecular weight excluding hydrogens is 246 g/mol. The van der Waals surface area contributed by atoms with Gasteiger partial charge in [0, 0.05) is 33.0 Å². The van der Waals surface area contributed by atoms with Gasteiger partial charge in [0.15, 0.2) is 0 Å². The zero-order valence-corrected chi connectivity index (χ0v) is 11.9. The van der Waals surface area contributed by atoms with Crippen molar-refractivity contribution in [3.05, 3.63) is 0 Å². The smallest absolute Gasteiger partial charge is 0.0785 e. The van der Waals surface area contributed by atoms with E-state index < -0.39 is 0 Å². The number of hydrogen-bond acceptors (Lipinski definition) is 5. The highest BCUT2D eigenvalue weighted by molar-refractivity contribution is 4.91. The topological polar surface area (TPSA) is 60.0 Å². The van der Waals surface area contributed by atoms with E-state index in [-0.39, 0.29) is 11.7 Å². The highest BCUT2D eigenvalue weighted by Gasteiger charge is 2.38. The van der Waals surface area contributed by atoms with Crippen molar-refractivity contribution < 1.29 is 19.3 Å². The first-order chi connectivity index (χ1) is 9.24. The van der Waals surface area contributed by atoms with E-state index in [1.54, 1.807) is 7.11 Å². The third-order valence-electron chi connectivity index (χ3n) is 4.17. The Bertz CT molecular complexity index is 250. The second-order valence-corrected chi connectivity index (χ2v) is 5.69. The van der Waals surface area contributed by atoms with E-state index in [4.69, 9.17) is 14.2 Å². The van der Waals surface area contributed by atoms with E-state index in [2.05, 4.69) is 5.32 Å². The Hall–Kier alpha value is -0.200. The van der Waals surface area contributed by atoms with Gasteiger partial charge in [-0.25, -0.2) is 0 Å². The molecule has 5 heteroatoms. The summed E-state index contributed by atoms with van der Waals surface area (Å²) in [5, 5.41) is 13.2. The number of methoxy groups -OCH3 is 1. The van der Waals surface area contributed by atoms with Crippen LogP contribution < -0.4 is 5.32 Å². The van der Waals surface area contributed by atoms with Gasteiger partial charge >= 0.3 is 0 Å². The minimum Gasteiger partial charge on any atom is -0.391 e. The van der Waals surface area contributed by atoms with Crippen LogP contribution in [-0.2, 0) is 14.2 Å². The van der Waals surface area contributed by atoms with Gasteiger partial charge in [0.25, 0.3) is 0 Å². The molecule has 0 aromatic heterocycles. The van der Waals surface area contributed by atoms with E-state index in [0.717, 1.165) is 58.5 Å². The molecule has 2 heterocycles. The molecule has 0 aromatic carbocycles. The molecule has 2 aliphatic heterocycles. The van der Waals surface area contributed by atoms with Gasteiger partial charge < -0.3 is 24.6 Å². The molecule has 2 unspecified atom stereocenters. The predicted molar refractivity (Wildman–Crippen MR) is 72.3 cm³/mol. The largest absolute Gasteiger partial charge is 0.391 e. The molecular formula is C14H27NO4. The van der Waals surface area contributed by atoms with Crippen LogP contribution >= 0.6 is 0 Å². The summed E-state index contributed by atoms with van der Waals surface area (Å²) in [7, 11) is 1.62. The highest BCUT2D eigenvalue weighted by atomic mass is 16.5. The van der Waals surface area contributed by atoms with Crippen molar-refractivity contribution in [3.63, 3.8) is 0 Å². The summed E-state index contributed by atoms with van der Waals surface area (Å²) in [5.41, 5.74) is 0.0410. The maximum Gasteiger partial charge on any atom is 0.0785 e. The SMILES string of the molecule is COCC(O)CCNC1CCOC2(CCOCC2)C1. The van der Waals surface area contributed by atoms with Crippen molar-refractivity contribution in [1.82, 2.24) is 5.32 Å². The lowest BCUT2D eigenvalue weighted by molar-refractivity contribution is -0.140. The third kappa shape index (κ3) is 4.68. The van der Waals surface area contributed by atoms with Gasteiger partial charge in [-0.2, -0.15) is 0 Å². The molecule has 2 saturated heterocycles. The number of rotatable bonds is 6. The first-order valence-corrected chi connectivity index (χ1v) is 7.36. The molecule has 2 N–H and O–H groups in total. The molecule has 2 aliphatic rings. The normalized spacial score (nSPS) is 28.4. The fourth-order valence-electron chi connectivity index (χ4n) is 3.02. The zero-order valence-electron chi connectivity index (χ0n) is 11.9. The quantitative estimate of drug-likeness (QED) is 0.746. The Morgan fingerprint density at radius 3 is 2.89 bits per heavy atom. The molecule has 0 saturated carbocycles. The summed E-state index contributed by atoms with van der Waals surface area (Å²) in [6, 6.07) is 0.501. The second kappa shape index (κ2) is 7.55. The monoisotopic (exact) mass is 273 g/mol. The van der Waals surface area contributed by atoms with Crippen molar-refractivity contribution >= 4 is 0 Å².